The number of esters is 4. The second kappa shape index (κ2) is 10.5. The molecule has 0 saturated carbocycles. The fourth-order valence-corrected chi connectivity index (χ4v) is 2.45. The lowest BCUT2D eigenvalue weighted by molar-refractivity contribution is -0.182. The molecule has 1 aliphatic rings. The van der Waals surface area contributed by atoms with Gasteiger partial charge in [0.1, 0.15) is 24.4 Å². The Bertz CT molecular complexity index is 622. The van der Waals surface area contributed by atoms with Crippen molar-refractivity contribution in [2.75, 3.05) is 0 Å². The van der Waals surface area contributed by atoms with Crippen molar-refractivity contribution < 1.29 is 43.2 Å². The van der Waals surface area contributed by atoms with E-state index in [4.69, 9.17) is 18.9 Å². The molecular formula is C18H24O9. The van der Waals surface area contributed by atoms with Crippen LogP contribution >= 0.6 is 0 Å². The molecule has 9 nitrogen and oxygen atoms in total. The van der Waals surface area contributed by atoms with E-state index in [1.54, 1.807) is 6.08 Å². The maximum Gasteiger partial charge on any atom is 0.331 e. The average Bonchev–Trinajstić information content (AvgIpc) is 2.54. The molecule has 1 N–H and O–H groups in total. The van der Waals surface area contributed by atoms with E-state index in [2.05, 4.69) is 0 Å². The van der Waals surface area contributed by atoms with Crippen molar-refractivity contribution in [3.8, 4) is 0 Å². The van der Waals surface area contributed by atoms with Crippen LogP contribution in [0.15, 0.2) is 24.3 Å². The van der Waals surface area contributed by atoms with Crippen LogP contribution in [-0.2, 0) is 38.1 Å². The average molecular weight is 384 g/mol. The highest BCUT2D eigenvalue weighted by molar-refractivity contribution is 5.82. The van der Waals surface area contributed by atoms with Crippen molar-refractivity contribution in [3.63, 3.8) is 0 Å². The summed E-state index contributed by atoms with van der Waals surface area (Å²) >= 11 is 0. The van der Waals surface area contributed by atoms with E-state index in [1.807, 2.05) is 0 Å². The molecular weight excluding hydrogens is 360 g/mol. The number of aliphatic hydroxyl groups is 1. The Labute approximate surface area is 156 Å². The van der Waals surface area contributed by atoms with Gasteiger partial charge in [-0.25, -0.2) is 4.79 Å². The summed E-state index contributed by atoms with van der Waals surface area (Å²) in [6.07, 6.45) is 0.501. The first-order chi connectivity index (χ1) is 12.6. The molecule has 1 heterocycles. The van der Waals surface area contributed by atoms with Gasteiger partial charge in [-0.05, 0) is 19.1 Å². The standard InChI is InChI=1S/C18H24O9/c1-10(24-11(2)19)18(26-13(4)21)17(23)15(25-12(3)20)9-8-14-6-5-7-16(22)27-14/h5,7-10,14-15,17-18,23H,6H2,1-4H3/b9-8-/t10-,14+,15+,17-,18+/m0/s1. The zero-order valence-electron chi connectivity index (χ0n) is 15.6. The lowest BCUT2D eigenvalue weighted by Crippen LogP contribution is -2.48. The summed E-state index contributed by atoms with van der Waals surface area (Å²) in [6, 6.07) is 0. The molecule has 0 radical (unpaired) electrons. The van der Waals surface area contributed by atoms with Gasteiger partial charge in [0.15, 0.2) is 6.10 Å². The van der Waals surface area contributed by atoms with E-state index < -0.39 is 54.4 Å². The van der Waals surface area contributed by atoms with Gasteiger partial charge in [0.2, 0.25) is 0 Å². The molecule has 0 spiro atoms. The third-order valence-corrected chi connectivity index (χ3v) is 3.50. The molecule has 0 unspecified atom stereocenters. The second-order valence-corrected chi connectivity index (χ2v) is 5.95. The van der Waals surface area contributed by atoms with Crippen molar-refractivity contribution in [1.82, 2.24) is 0 Å². The molecule has 0 aromatic heterocycles. The summed E-state index contributed by atoms with van der Waals surface area (Å²) in [5.74, 6) is -2.55. The number of rotatable bonds is 8. The maximum absolute atomic E-state index is 11.4. The van der Waals surface area contributed by atoms with Crippen molar-refractivity contribution in [2.24, 2.45) is 0 Å². The van der Waals surface area contributed by atoms with Crippen molar-refractivity contribution in [1.29, 1.82) is 0 Å². The van der Waals surface area contributed by atoms with E-state index >= 15 is 0 Å². The molecule has 27 heavy (non-hydrogen) atoms. The minimum Gasteiger partial charge on any atom is -0.459 e. The maximum atomic E-state index is 11.4. The first-order valence-electron chi connectivity index (χ1n) is 8.35. The Morgan fingerprint density at radius 1 is 1.15 bits per heavy atom. The molecule has 1 aliphatic heterocycles. The lowest BCUT2D eigenvalue weighted by atomic mass is 10.0. The van der Waals surface area contributed by atoms with Gasteiger partial charge >= 0.3 is 23.9 Å². The molecule has 1 rings (SSSR count). The van der Waals surface area contributed by atoms with E-state index in [0.29, 0.717) is 6.42 Å². The predicted octanol–water partition coefficient (Wildman–Crippen LogP) is 0.590. The highest BCUT2D eigenvalue weighted by atomic mass is 16.6. The second-order valence-electron chi connectivity index (χ2n) is 5.95. The molecule has 0 saturated heterocycles. The third-order valence-electron chi connectivity index (χ3n) is 3.50. The number of hydrogen-bond donors (Lipinski definition) is 1. The Morgan fingerprint density at radius 2 is 1.74 bits per heavy atom. The molecule has 0 bridgehead atoms. The molecule has 5 atom stereocenters. The number of cyclic esters (lactones) is 1. The van der Waals surface area contributed by atoms with Gasteiger partial charge in [0.05, 0.1) is 0 Å². The Hall–Kier alpha value is -2.68. The van der Waals surface area contributed by atoms with Gasteiger partial charge in [-0.15, -0.1) is 0 Å². The van der Waals surface area contributed by atoms with Crippen LogP contribution in [-0.4, -0.2) is 59.5 Å². The van der Waals surface area contributed by atoms with Crippen LogP contribution in [0.25, 0.3) is 0 Å². The Balaban J connectivity index is 3.00. The lowest BCUT2D eigenvalue weighted by Gasteiger charge is -2.31. The minimum absolute atomic E-state index is 0.419. The molecule has 0 amide bonds. The zero-order valence-corrected chi connectivity index (χ0v) is 15.6. The van der Waals surface area contributed by atoms with Gasteiger partial charge < -0.3 is 24.1 Å². The Morgan fingerprint density at radius 3 is 2.26 bits per heavy atom. The van der Waals surface area contributed by atoms with E-state index in [0.717, 1.165) is 13.8 Å². The third kappa shape index (κ3) is 8.04. The van der Waals surface area contributed by atoms with E-state index in [1.165, 1.54) is 32.1 Å². The monoisotopic (exact) mass is 384 g/mol. The molecule has 0 aromatic rings. The van der Waals surface area contributed by atoms with Crippen molar-refractivity contribution in [2.45, 2.75) is 64.6 Å². The minimum atomic E-state index is -1.53. The summed E-state index contributed by atoms with van der Waals surface area (Å²) < 4.78 is 20.2. The van der Waals surface area contributed by atoms with Gasteiger partial charge in [-0.2, -0.15) is 0 Å². The zero-order chi connectivity index (χ0) is 20.6. The summed E-state index contributed by atoms with van der Waals surface area (Å²) in [6.45, 7) is 4.88. The molecule has 150 valence electrons. The molecule has 0 fully saturated rings. The first-order valence-corrected chi connectivity index (χ1v) is 8.35. The largest absolute Gasteiger partial charge is 0.459 e. The van der Waals surface area contributed by atoms with Crippen LogP contribution in [0.5, 0.6) is 0 Å². The number of carbonyl (C=O) groups is 4. The summed E-state index contributed by atoms with van der Waals surface area (Å²) in [5.41, 5.74) is 0. The van der Waals surface area contributed by atoms with Gasteiger partial charge in [0, 0.05) is 33.3 Å². The van der Waals surface area contributed by atoms with Gasteiger partial charge in [-0.3, -0.25) is 14.4 Å². The highest BCUT2D eigenvalue weighted by Gasteiger charge is 2.36. The van der Waals surface area contributed by atoms with Crippen LogP contribution in [0.3, 0.4) is 0 Å². The smallest absolute Gasteiger partial charge is 0.331 e. The fraction of sp³-hybridized carbons (Fsp3) is 0.556. The van der Waals surface area contributed by atoms with E-state index in [9.17, 15) is 24.3 Å². The summed E-state index contributed by atoms with van der Waals surface area (Å²) in [5, 5.41) is 10.6. The number of ether oxygens (including phenoxy) is 4. The number of aliphatic hydroxyl groups excluding tert-OH is 1. The predicted molar refractivity (Wildman–Crippen MR) is 91.1 cm³/mol. The van der Waals surface area contributed by atoms with Crippen molar-refractivity contribution >= 4 is 23.9 Å². The first kappa shape index (κ1) is 22.4. The normalized spacial score (nSPS) is 20.9. The summed E-state index contributed by atoms with van der Waals surface area (Å²) in [7, 11) is 0. The van der Waals surface area contributed by atoms with Crippen LogP contribution in [0.4, 0.5) is 0 Å². The van der Waals surface area contributed by atoms with Crippen LogP contribution in [0, 0.1) is 0 Å². The number of hydrogen-bond acceptors (Lipinski definition) is 9. The highest BCUT2D eigenvalue weighted by Crippen LogP contribution is 2.18. The van der Waals surface area contributed by atoms with E-state index in [-0.39, 0.29) is 0 Å². The van der Waals surface area contributed by atoms with Crippen LogP contribution < -0.4 is 0 Å². The van der Waals surface area contributed by atoms with Gasteiger partial charge in [0.25, 0.3) is 0 Å². The fourth-order valence-electron chi connectivity index (χ4n) is 2.45. The van der Waals surface area contributed by atoms with Gasteiger partial charge in [-0.1, -0.05) is 6.08 Å². The SMILES string of the molecule is CC(=O)O[C@@H]([C@@H](O)[C@@H](/C=C\[C@H]1CC=CC(=O)O1)OC(C)=O)[C@H](C)OC(C)=O. The molecule has 0 aliphatic carbocycles. The molecule has 9 heteroatoms. The number of carbonyl (C=O) groups excluding carboxylic acids is 4. The quantitative estimate of drug-likeness (QED) is 0.363. The van der Waals surface area contributed by atoms with Crippen LogP contribution in [0.1, 0.15) is 34.1 Å². The van der Waals surface area contributed by atoms with Crippen molar-refractivity contribution in [3.05, 3.63) is 24.3 Å². The topological polar surface area (TPSA) is 125 Å². The Kier molecular flexibility index (Phi) is 8.67. The molecule has 0 aromatic carbocycles. The summed E-state index contributed by atoms with van der Waals surface area (Å²) in [4.78, 5) is 45.2. The van der Waals surface area contributed by atoms with Crippen LogP contribution in [0.2, 0.25) is 0 Å².